The maximum Gasteiger partial charge on any atom is 0.303 e. The van der Waals surface area contributed by atoms with Crippen molar-refractivity contribution in [3.8, 4) is 23.7 Å². The van der Waals surface area contributed by atoms with E-state index in [4.69, 9.17) is 5.11 Å². The molecule has 0 saturated carbocycles. The summed E-state index contributed by atoms with van der Waals surface area (Å²) in [5.74, 6) is 10.2. The Morgan fingerprint density at radius 1 is 1.12 bits per heavy atom. The van der Waals surface area contributed by atoms with Crippen LogP contribution in [0.25, 0.3) is 0 Å². The van der Waals surface area contributed by atoms with Crippen LogP contribution < -0.4 is 0 Å². The Kier molecular flexibility index (Phi) is 14.2. The number of aliphatic carboxylic acids is 1. The molecule has 5 heteroatoms. The first-order valence-corrected chi connectivity index (χ1v) is 8.51. The molecule has 0 aliphatic rings. The van der Waals surface area contributed by atoms with Gasteiger partial charge >= 0.3 is 5.97 Å². The molecule has 0 heterocycles. The predicted octanol–water partition coefficient (Wildman–Crippen LogP) is 2.02. The molecule has 0 aromatic carbocycles. The van der Waals surface area contributed by atoms with Gasteiger partial charge in [0.1, 0.15) is 6.10 Å². The van der Waals surface area contributed by atoms with Crippen molar-refractivity contribution in [1.29, 1.82) is 0 Å². The second-order valence-corrected chi connectivity index (χ2v) is 5.56. The maximum absolute atomic E-state index is 10.3. The lowest BCUT2D eigenvalue weighted by atomic mass is 10.1. The summed E-state index contributed by atoms with van der Waals surface area (Å²) in [6.45, 7) is 1.92. The van der Waals surface area contributed by atoms with Gasteiger partial charge in [0.15, 0.2) is 0 Å². The van der Waals surface area contributed by atoms with Gasteiger partial charge in [-0.2, -0.15) is 0 Å². The highest BCUT2D eigenvalue weighted by Crippen LogP contribution is 2.00. The van der Waals surface area contributed by atoms with E-state index in [1.54, 1.807) is 24.3 Å². The number of rotatable bonds is 10. The molecule has 0 amide bonds. The van der Waals surface area contributed by atoms with Crippen LogP contribution in [0.5, 0.6) is 0 Å². The topological polar surface area (TPSA) is 98.0 Å². The van der Waals surface area contributed by atoms with Gasteiger partial charge in [0.25, 0.3) is 0 Å². The Morgan fingerprint density at radius 2 is 1.88 bits per heavy atom. The standard InChI is InChI=1S/C20H28O5/c1-2-17(21)11-8-5-9-14-18(22)12-6-3-4-7-13-19(23)15-10-16-20(24)25/h3-4,6,12,17-19,21-23H,2,8,10-11,14-16H2,1H3,(H,24,25)/b4-3+,12-6+/t17-,18+,19-/m1/s1. The van der Waals surface area contributed by atoms with Crippen LogP contribution >= 0.6 is 0 Å². The Balaban J connectivity index is 3.95. The first-order valence-electron chi connectivity index (χ1n) is 8.51. The number of carbonyl (C=O) groups is 1. The largest absolute Gasteiger partial charge is 0.481 e. The molecule has 0 fully saturated rings. The van der Waals surface area contributed by atoms with Crippen molar-refractivity contribution in [1.82, 2.24) is 0 Å². The van der Waals surface area contributed by atoms with Gasteiger partial charge in [0.05, 0.1) is 12.2 Å². The lowest BCUT2D eigenvalue weighted by molar-refractivity contribution is -0.137. The van der Waals surface area contributed by atoms with E-state index < -0.39 is 18.2 Å². The van der Waals surface area contributed by atoms with Gasteiger partial charge in [-0.15, -0.1) is 11.8 Å². The molecular formula is C20H28O5. The van der Waals surface area contributed by atoms with Gasteiger partial charge in [-0.1, -0.05) is 37.0 Å². The van der Waals surface area contributed by atoms with E-state index in [0.29, 0.717) is 32.1 Å². The van der Waals surface area contributed by atoms with Crippen LogP contribution in [0.1, 0.15) is 51.9 Å². The molecule has 0 unspecified atom stereocenters. The zero-order chi connectivity index (χ0) is 18.9. The molecule has 0 saturated heterocycles. The van der Waals surface area contributed by atoms with E-state index in [1.165, 1.54) is 0 Å². The van der Waals surface area contributed by atoms with Gasteiger partial charge in [-0.05, 0) is 31.8 Å². The molecule has 4 N–H and O–H groups in total. The molecule has 0 rings (SSSR count). The molecule has 0 spiro atoms. The van der Waals surface area contributed by atoms with E-state index in [0.717, 1.165) is 6.42 Å². The van der Waals surface area contributed by atoms with Crippen LogP contribution in [-0.2, 0) is 4.79 Å². The molecule has 0 aliphatic carbocycles. The van der Waals surface area contributed by atoms with E-state index >= 15 is 0 Å². The molecule has 5 nitrogen and oxygen atoms in total. The molecule has 0 radical (unpaired) electrons. The summed E-state index contributed by atoms with van der Waals surface area (Å²) >= 11 is 0. The number of aliphatic hydroxyl groups excluding tert-OH is 3. The van der Waals surface area contributed by atoms with Crippen LogP contribution in [-0.4, -0.2) is 44.7 Å². The first kappa shape index (κ1) is 22.9. The van der Waals surface area contributed by atoms with Crippen molar-refractivity contribution in [2.75, 3.05) is 0 Å². The Morgan fingerprint density at radius 3 is 2.56 bits per heavy atom. The second-order valence-electron chi connectivity index (χ2n) is 5.56. The lowest BCUT2D eigenvalue weighted by Gasteiger charge is -2.02. The van der Waals surface area contributed by atoms with Crippen molar-refractivity contribution >= 4 is 5.97 Å². The zero-order valence-electron chi connectivity index (χ0n) is 14.7. The number of hydrogen-bond acceptors (Lipinski definition) is 4. The average Bonchev–Trinajstić information content (AvgIpc) is 2.57. The van der Waals surface area contributed by atoms with Crippen molar-refractivity contribution in [3.05, 3.63) is 24.3 Å². The van der Waals surface area contributed by atoms with Crippen molar-refractivity contribution in [3.63, 3.8) is 0 Å². The van der Waals surface area contributed by atoms with Crippen molar-refractivity contribution in [2.24, 2.45) is 0 Å². The highest BCUT2D eigenvalue weighted by Gasteiger charge is 2.01. The highest BCUT2D eigenvalue weighted by atomic mass is 16.4. The third-order valence-electron chi connectivity index (χ3n) is 3.25. The summed E-state index contributed by atoms with van der Waals surface area (Å²) in [4.78, 5) is 10.3. The number of carboxylic acid groups (broad SMARTS) is 1. The van der Waals surface area contributed by atoms with E-state index in [-0.39, 0.29) is 12.5 Å². The minimum Gasteiger partial charge on any atom is -0.481 e. The quantitative estimate of drug-likeness (QED) is 0.358. The third-order valence-corrected chi connectivity index (χ3v) is 3.25. The summed E-state index contributed by atoms with van der Waals surface area (Å²) in [6.07, 6.45) is 7.70. The maximum atomic E-state index is 10.3. The highest BCUT2D eigenvalue weighted by molar-refractivity contribution is 5.66. The molecule has 3 atom stereocenters. The van der Waals surface area contributed by atoms with Crippen LogP contribution in [0.3, 0.4) is 0 Å². The number of aliphatic hydroxyl groups is 3. The van der Waals surface area contributed by atoms with Gasteiger partial charge in [-0.3, -0.25) is 4.79 Å². The Labute approximate surface area is 150 Å². The number of hydrogen-bond donors (Lipinski definition) is 4. The van der Waals surface area contributed by atoms with Gasteiger partial charge in [0.2, 0.25) is 0 Å². The summed E-state index contributed by atoms with van der Waals surface area (Å²) in [6, 6.07) is 0. The van der Waals surface area contributed by atoms with E-state index in [1.807, 2.05) is 6.92 Å². The summed E-state index contributed by atoms with van der Waals surface area (Å²) in [5.41, 5.74) is 0. The molecule has 138 valence electrons. The van der Waals surface area contributed by atoms with E-state index in [2.05, 4.69) is 23.7 Å². The lowest BCUT2D eigenvalue weighted by Crippen LogP contribution is -2.04. The fourth-order valence-electron chi connectivity index (χ4n) is 1.74. The zero-order valence-corrected chi connectivity index (χ0v) is 14.7. The van der Waals surface area contributed by atoms with Crippen molar-refractivity contribution < 1.29 is 25.2 Å². The first-order chi connectivity index (χ1) is 12.0. The molecule has 0 aromatic heterocycles. The number of carboxylic acids is 1. The van der Waals surface area contributed by atoms with Gasteiger partial charge in [0, 0.05) is 19.3 Å². The number of allylic oxidation sites excluding steroid dienone is 3. The molecule has 0 aliphatic heterocycles. The van der Waals surface area contributed by atoms with E-state index in [9.17, 15) is 20.1 Å². The van der Waals surface area contributed by atoms with Crippen LogP contribution in [0.4, 0.5) is 0 Å². The summed E-state index contributed by atoms with van der Waals surface area (Å²) in [5, 5.41) is 37.1. The molecule has 25 heavy (non-hydrogen) atoms. The fraction of sp³-hybridized carbons (Fsp3) is 0.550. The van der Waals surface area contributed by atoms with Gasteiger partial charge < -0.3 is 20.4 Å². The minimum absolute atomic E-state index is 0.0251. The average molecular weight is 348 g/mol. The summed E-state index contributed by atoms with van der Waals surface area (Å²) in [7, 11) is 0. The second kappa shape index (κ2) is 15.5. The third kappa shape index (κ3) is 16.6. The van der Waals surface area contributed by atoms with Crippen LogP contribution in [0, 0.1) is 23.7 Å². The SMILES string of the molecule is CC[C@@H](O)CCC#CC[C@@H](O)/C=C/C=C/C#C[C@@H](O)CCCC(=O)O. The summed E-state index contributed by atoms with van der Waals surface area (Å²) < 4.78 is 0. The predicted molar refractivity (Wildman–Crippen MR) is 97.5 cm³/mol. The van der Waals surface area contributed by atoms with Gasteiger partial charge in [-0.25, -0.2) is 0 Å². The smallest absolute Gasteiger partial charge is 0.303 e. The van der Waals surface area contributed by atoms with Crippen LogP contribution in [0.15, 0.2) is 24.3 Å². The molecule has 0 aromatic rings. The van der Waals surface area contributed by atoms with Crippen LogP contribution in [0.2, 0.25) is 0 Å². The molecule has 0 bridgehead atoms. The molecular weight excluding hydrogens is 320 g/mol. The minimum atomic E-state index is -0.882. The Bertz CT molecular complexity index is 542. The fourth-order valence-corrected chi connectivity index (χ4v) is 1.74. The normalized spacial score (nSPS) is 14.4. The van der Waals surface area contributed by atoms with Crippen molar-refractivity contribution in [2.45, 2.75) is 70.2 Å². The monoisotopic (exact) mass is 348 g/mol. The Hall–Kier alpha value is -2.05.